The summed E-state index contributed by atoms with van der Waals surface area (Å²) in [4.78, 5) is 21.9. The van der Waals surface area contributed by atoms with Crippen LogP contribution in [0, 0.1) is 0 Å². The first-order valence-electron chi connectivity index (χ1n) is 5.33. The monoisotopic (exact) mass is 287 g/mol. The fourth-order valence-electron chi connectivity index (χ4n) is 1.23. The topological polar surface area (TPSA) is 66.4 Å². The van der Waals surface area contributed by atoms with Gasteiger partial charge in [0.2, 0.25) is 5.91 Å². The van der Waals surface area contributed by atoms with Crippen LogP contribution in [0.3, 0.4) is 0 Å². The maximum atomic E-state index is 11.4. The van der Waals surface area contributed by atoms with Crippen molar-refractivity contribution >= 4 is 35.2 Å². The van der Waals surface area contributed by atoms with Crippen molar-refractivity contribution in [2.45, 2.75) is 18.7 Å². The number of benzene rings is 1. The molecule has 0 bridgehead atoms. The zero-order chi connectivity index (χ0) is 13.5. The van der Waals surface area contributed by atoms with Crippen molar-refractivity contribution in [3.8, 4) is 0 Å². The highest BCUT2D eigenvalue weighted by molar-refractivity contribution is 7.99. The van der Waals surface area contributed by atoms with Crippen LogP contribution in [0.15, 0.2) is 24.3 Å². The molecule has 1 amide bonds. The van der Waals surface area contributed by atoms with Crippen molar-refractivity contribution in [2.75, 3.05) is 5.75 Å². The zero-order valence-electron chi connectivity index (χ0n) is 9.85. The lowest BCUT2D eigenvalue weighted by Gasteiger charge is -2.08. The van der Waals surface area contributed by atoms with E-state index in [1.54, 1.807) is 6.07 Å². The van der Waals surface area contributed by atoms with Crippen LogP contribution in [-0.4, -0.2) is 28.8 Å². The fourth-order valence-corrected chi connectivity index (χ4v) is 2.23. The highest BCUT2D eigenvalue weighted by Gasteiger charge is 2.13. The molecule has 0 aliphatic heterocycles. The molecule has 1 aromatic rings. The molecule has 0 aromatic heterocycles. The van der Waals surface area contributed by atoms with Gasteiger partial charge in [-0.05, 0) is 24.6 Å². The van der Waals surface area contributed by atoms with Gasteiger partial charge in [0.25, 0.3) is 0 Å². The number of carboxylic acids is 1. The Balaban J connectivity index is 2.29. The average Bonchev–Trinajstić information content (AvgIpc) is 2.28. The van der Waals surface area contributed by atoms with Crippen LogP contribution in [0.2, 0.25) is 5.02 Å². The highest BCUT2D eigenvalue weighted by atomic mass is 35.5. The van der Waals surface area contributed by atoms with E-state index < -0.39 is 12.0 Å². The Kier molecular flexibility index (Phi) is 6.01. The summed E-state index contributed by atoms with van der Waals surface area (Å²) in [5, 5.41) is 11.7. The number of amides is 1. The molecule has 0 fully saturated rings. The predicted octanol–water partition coefficient (Wildman–Crippen LogP) is 2.16. The van der Waals surface area contributed by atoms with E-state index in [2.05, 4.69) is 5.32 Å². The van der Waals surface area contributed by atoms with Crippen LogP contribution in [0.25, 0.3) is 0 Å². The molecule has 1 aromatic carbocycles. The predicted molar refractivity (Wildman–Crippen MR) is 72.9 cm³/mol. The SMILES string of the molecule is C[C@H](NC(=O)CSCc1cccc(Cl)c1)C(=O)O. The number of carboxylic acid groups (broad SMARTS) is 1. The number of halogens is 1. The van der Waals surface area contributed by atoms with Crippen molar-refractivity contribution in [3.05, 3.63) is 34.9 Å². The summed E-state index contributed by atoms with van der Waals surface area (Å²) in [6, 6.07) is 6.55. The summed E-state index contributed by atoms with van der Waals surface area (Å²) >= 11 is 7.25. The Bertz CT molecular complexity index is 439. The number of hydrogen-bond donors (Lipinski definition) is 2. The van der Waals surface area contributed by atoms with Gasteiger partial charge in [0, 0.05) is 10.8 Å². The summed E-state index contributed by atoms with van der Waals surface area (Å²) in [5.74, 6) is -0.431. The van der Waals surface area contributed by atoms with E-state index >= 15 is 0 Å². The quantitative estimate of drug-likeness (QED) is 0.841. The molecule has 0 saturated heterocycles. The lowest BCUT2D eigenvalue weighted by Crippen LogP contribution is -2.39. The van der Waals surface area contributed by atoms with E-state index in [1.165, 1.54) is 18.7 Å². The minimum absolute atomic E-state index is 0.226. The molecule has 0 spiro atoms. The maximum absolute atomic E-state index is 11.4. The molecular weight excluding hydrogens is 274 g/mol. The van der Waals surface area contributed by atoms with E-state index in [-0.39, 0.29) is 11.7 Å². The molecule has 2 N–H and O–H groups in total. The minimum atomic E-state index is -1.04. The normalized spacial score (nSPS) is 11.9. The molecule has 0 aliphatic rings. The van der Waals surface area contributed by atoms with Crippen molar-refractivity contribution in [1.82, 2.24) is 5.32 Å². The summed E-state index contributed by atoms with van der Waals surface area (Å²) in [7, 11) is 0. The third-order valence-electron chi connectivity index (χ3n) is 2.14. The Morgan fingerprint density at radius 3 is 2.83 bits per heavy atom. The van der Waals surface area contributed by atoms with Gasteiger partial charge in [-0.3, -0.25) is 9.59 Å². The molecule has 6 heteroatoms. The van der Waals surface area contributed by atoms with Gasteiger partial charge >= 0.3 is 5.97 Å². The third-order valence-corrected chi connectivity index (χ3v) is 3.38. The third kappa shape index (κ3) is 5.42. The smallest absolute Gasteiger partial charge is 0.325 e. The van der Waals surface area contributed by atoms with Crippen LogP contribution in [0.5, 0.6) is 0 Å². The van der Waals surface area contributed by atoms with Gasteiger partial charge in [-0.2, -0.15) is 0 Å². The van der Waals surface area contributed by atoms with E-state index in [4.69, 9.17) is 16.7 Å². The second kappa shape index (κ2) is 7.28. The lowest BCUT2D eigenvalue weighted by atomic mass is 10.2. The lowest BCUT2D eigenvalue weighted by molar-refractivity contribution is -0.140. The Hall–Kier alpha value is -1.20. The zero-order valence-corrected chi connectivity index (χ0v) is 11.4. The van der Waals surface area contributed by atoms with Gasteiger partial charge < -0.3 is 10.4 Å². The molecule has 0 aliphatic carbocycles. The summed E-state index contributed by atoms with van der Waals surface area (Å²) in [6.07, 6.45) is 0. The van der Waals surface area contributed by atoms with Gasteiger partial charge in [-0.25, -0.2) is 0 Å². The first-order chi connectivity index (χ1) is 8.49. The molecule has 1 rings (SSSR count). The number of carbonyl (C=O) groups is 2. The molecule has 4 nitrogen and oxygen atoms in total. The molecule has 0 heterocycles. The van der Waals surface area contributed by atoms with Crippen LogP contribution in [0.4, 0.5) is 0 Å². The molecule has 0 saturated carbocycles. The van der Waals surface area contributed by atoms with Crippen molar-refractivity contribution in [1.29, 1.82) is 0 Å². The van der Waals surface area contributed by atoms with Gasteiger partial charge in [-0.15, -0.1) is 11.8 Å². The molecule has 98 valence electrons. The van der Waals surface area contributed by atoms with Gasteiger partial charge in [0.05, 0.1) is 5.75 Å². The highest BCUT2D eigenvalue weighted by Crippen LogP contribution is 2.16. The fraction of sp³-hybridized carbons (Fsp3) is 0.333. The van der Waals surface area contributed by atoms with Crippen molar-refractivity contribution < 1.29 is 14.7 Å². The Morgan fingerprint density at radius 1 is 1.50 bits per heavy atom. The van der Waals surface area contributed by atoms with Crippen LogP contribution in [0.1, 0.15) is 12.5 Å². The number of rotatable bonds is 6. The van der Waals surface area contributed by atoms with E-state index in [0.717, 1.165) is 5.56 Å². The number of nitrogens with one attached hydrogen (secondary N) is 1. The molecule has 0 radical (unpaired) electrons. The number of carbonyl (C=O) groups excluding carboxylic acids is 1. The number of aliphatic carboxylic acids is 1. The first kappa shape index (κ1) is 14.9. The molecular formula is C12H14ClNO3S. The minimum Gasteiger partial charge on any atom is -0.480 e. The average molecular weight is 288 g/mol. The van der Waals surface area contributed by atoms with Crippen molar-refractivity contribution in [3.63, 3.8) is 0 Å². The summed E-state index contributed by atoms with van der Waals surface area (Å²) < 4.78 is 0. The molecule has 1 atom stereocenters. The Morgan fingerprint density at radius 2 is 2.22 bits per heavy atom. The van der Waals surface area contributed by atoms with Gasteiger partial charge in [0.1, 0.15) is 6.04 Å². The number of hydrogen-bond acceptors (Lipinski definition) is 3. The Labute approximate surface area is 115 Å². The molecule has 18 heavy (non-hydrogen) atoms. The molecule has 0 unspecified atom stereocenters. The second-order valence-electron chi connectivity index (χ2n) is 3.75. The van der Waals surface area contributed by atoms with Crippen molar-refractivity contribution in [2.24, 2.45) is 0 Å². The maximum Gasteiger partial charge on any atom is 0.325 e. The largest absolute Gasteiger partial charge is 0.480 e. The van der Waals surface area contributed by atoms with Gasteiger partial charge in [0.15, 0.2) is 0 Å². The van der Waals surface area contributed by atoms with Crippen LogP contribution in [-0.2, 0) is 15.3 Å². The first-order valence-corrected chi connectivity index (χ1v) is 6.86. The van der Waals surface area contributed by atoms with Crippen LogP contribution < -0.4 is 5.32 Å². The standard InChI is InChI=1S/C12H14ClNO3S/c1-8(12(16)17)14-11(15)7-18-6-9-3-2-4-10(13)5-9/h2-5,8H,6-7H2,1H3,(H,14,15)(H,16,17)/t8-/m0/s1. The summed E-state index contributed by atoms with van der Waals surface area (Å²) in [5.41, 5.74) is 1.03. The summed E-state index contributed by atoms with van der Waals surface area (Å²) in [6.45, 7) is 1.43. The second-order valence-corrected chi connectivity index (χ2v) is 5.17. The van der Waals surface area contributed by atoms with Crippen LogP contribution >= 0.6 is 23.4 Å². The van der Waals surface area contributed by atoms with E-state index in [9.17, 15) is 9.59 Å². The van der Waals surface area contributed by atoms with Gasteiger partial charge in [-0.1, -0.05) is 23.7 Å². The number of thioether (sulfide) groups is 1. The van der Waals surface area contributed by atoms with E-state index in [0.29, 0.717) is 10.8 Å². The van der Waals surface area contributed by atoms with E-state index in [1.807, 2.05) is 18.2 Å².